The van der Waals surface area contributed by atoms with Crippen LogP contribution >= 0.6 is 0 Å². The van der Waals surface area contributed by atoms with E-state index in [0.29, 0.717) is 19.5 Å². The number of carbonyl (C=O) groups excluding carboxylic acids is 1. The Morgan fingerprint density at radius 3 is 2.71 bits per heavy atom. The Labute approximate surface area is 103 Å². The molecule has 0 bridgehead atoms. The van der Waals surface area contributed by atoms with Gasteiger partial charge in [-0.1, -0.05) is 12.2 Å². The maximum absolute atomic E-state index is 11.7. The second-order valence-corrected chi connectivity index (χ2v) is 6.13. The first-order valence-corrected chi connectivity index (χ1v) is 7.75. The van der Waals surface area contributed by atoms with Gasteiger partial charge in [0.2, 0.25) is 15.9 Å². The van der Waals surface area contributed by atoms with Crippen molar-refractivity contribution in [1.82, 2.24) is 10.0 Å². The van der Waals surface area contributed by atoms with Crippen LogP contribution in [0.1, 0.15) is 25.7 Å². The van der Waals surface area contributed by atoms with Crippen LogP contribution in [0.15, 0.2) is 12.2 Å². The molecule has 0 heterocycles. The van der Waals surface area contributed by atoms with Crippen LogP contribution in [-0.4, -0.2) is 33.7 Å². The molecule has 0 aromatic rings. The fourth-order valence-electron chi connectivity index (χ4n) is 1.73. The van der Waals surface area contributed by atoms with E-state index < -0.39 is 10.0 Å². The maximum atomic E-state index is 11.7. The lowest BCUT2D eigenvalue weighted by atomic mass is 9.94. The molecule has 0 saturated carbocycles. The second kappa shape index (κ2) is 6.76. The molecule has 6 heteroatoms. The molecule has 0 aliphatic heterocycles. The Balaban J connectivity index is 2.10. The molecule has 0 aromatic heterocycles. The molecule has 1 atom stereocenters. The number of rotatable bonds is 6. The lowest BCUT2D eigenvalue weighted by molar-refractivity contribution is -0.125. The maximum Gasteiger partial charge on any atom is 0.223 e. The van der Waals surface area contributed by atoms with Gasteiger partial charge in [-0.05, 0) is 25.7 Å². The molecular formula is C11H20N2O3S. The largest absolute Gasteiger partial charge is 0.356 e. The highest BCUT2D eigenvalue weighted by Gasteiger charge is 2.17. The smallest absolute Gasteiger partial charge is 0.223 e. The van der Waals surface area contributed by atoms with Gasteiger partial charge in [-0.3, -0.25) is 4.79 Å². The SMILES string of the molecule is CS(=O)(=O)NCCCNC(=O)[C@H]1CC=CCC1. The van der Waals surface area contributed by atoms with Crippen LogP contribution in [0.25, 0.3) is 0 Å². The number of amides is 1. The third-order valence-corrected chi connectivity index (χ3v) is 3.39. The molecule has 98 valence electrons. The molecule has 17 heavy (non-hydrogen) atoms. The second-order valence-electron chi connectivity index (χ2n) is 4.29. The Morgan fingerprint density at radius 2 is 2.12 bits per heavy atom. The first kappa shape index (κ1) is 14.2. The predicted molar refractivity (Wildman–Crippen MR) is 67.0 cm³/mol. The minimum Gasteiger partial charge on any atom is -0.356 e. The summed E-state index contributed by atoms with van der Waals surface area (Å²) in [6.07, 6.45) is 8.56. The van der Waals surface area contributed by atoms with E-state index in [0.717, 1.165) is 25.5 Å². The van der Waals surface area contributed by atoms with Gasteiger partial charge in [0.05, 0.1) is 6.26 Å². The monoisotopic (exact) mass is 260 g/mol. The van der Waals surface area contributed by atoms with Crippen molar-refractivity contribution in [2.24, 2.45) is 5.92 Å². The van der Waals surface area contributed by atoms with E-state index in [-0.39, 0.29) is 11.8 Å². The van der Waals surface area contributed by atoms with E-state index in [4.69, 9.17) is 0 Å². The van der Waals surface area contributed by atoms with Gasteiger partial charge in [0.1, 0.15) is 0 Å². The third-order valence-electron chi connectivity index (χ3n) is 2.66. The van der Waals surface area contributed by atoms with Crippen LogP contribution < -0.4 is 10.0 Å². The number of sulfonamides is 1. The Hall–Kier alpha value is -0.880. The fraction of sp³-hybridized carbons (Fsp3) is 0.727. The van der Waals surface area contributed by atoms with Crippen molar-refractivity contribution in [3.05, 3.63) is 12.2 Å². The van der Waals surface area contributed by atoms with Gasteiger partial charge >= 0.3 is 0 Å². The van der Waals surface area contributed by atoms with Gasteiger partial charge < -0.3 is 5.32 Å². The van der Waals surface area contributed by atoms with E-state index >= 15 is 0 Å². The summed E-state index contributed by atoms with van der Waals surface area (Å²) < 4.78 is 23.9. The topological polar surface area (TPSA) is 75.3 Å². The zero-order valence-corrected chi connectivity index (χ0v) is 10.9. The van der Waals surface area contributed by atoms with Crippen molar-refractivity contribution in [2.45, 2.75) is 25.7 Å². The molecule has 5 nitrogen and oxygen atoms in total. The van der Waals surface area contributed by atoms with Gasteiger partial charge in [0.25, 0.3) is 0 Å². The molecule has 0 radical (unpaired) electrons. The average molecular weight is 260 g/mol. The summed E-state index contributed by atoms with van der Waals surface area (Å²) in [4.78, 5) is 11.7. The summed E-state index contributed by atoms with van der Waals surface area (Å²) in [5, 5.41) is 2.83. The molecule has 0 spiro atoms. The van der Waals surface area contributed by atoms with E-state index in [1.807, 2.05) is 6.08 Å². The zero-order valence-electron chi connectivity index (χ0n) is 10.1. The van der Waals surface area contributed by atoms with Gasteiger partial charge in [-0.25, -0.2) is 13.1 Å². The number of nitrogens with one attached hydrogen (secondary N) is 2. The Bertz CT molecular complexity index is 376. The van der Waals surface area contributed by atoms with Crippen molar-refractivity contribution in [1.29, 1.82) is 0 Å². The molecule has 0 aromatic carbocycles. The molecule has 0 saturated heterocycles. The van der Waals surface area contributed by atoms with E-state index in [2.05, 4.69) is 16.1 Å². The average Bonchev–Trinajstić information content (AvgIpc) is 2.28. The Kier molecular flexibility index (Phi) is 5.64. The van der Waals surface area contributed by atoms with Crippen molar-refractivity contribution < 1.29 is 13.2 Å². The van der Waals surface area contributed by atoms with Crippen LogP contribution in [0.3, 0.4) is 0 Å². The number of hydrogen-bond acceptors (Lipinski definition) is 3. The molecule has 1 rings (SSSR count). The first-order valence-electron chi connectivity index (χ1n) is 5.86. The van der Waals surface area contributed by atoms with Crippen molar-refractivity contribution >= 4 is 15.9 Å². The summed E-state index contributed by atoms with van der Waals surface area (Å²) >= 11 is 0. The van der Waals surface area contributed by atoms with Gasteiger partial charge in [0, 0.05) is 19.0 Å². The molecule has 2 N–H and O–H groups in total. The first-order chi connectivity index (χ1) is 7.99. The molecule has 1 aliphatic carbocycles. The highest BCUT2D eigenvalue weighted by Crippen LogP contribution is 2.17. The van der Waals surface area contributed by atoms with Gasteiger partial charge in [-0.2, -0.15) is 0 Å². The zero-order chi connectivity index (χ0) is 12.7. The summed E-state index contributed by atoms with van der Waals surface area (Å²) in [6.45, 7) is 0.880. The highest BCUT2D eigenvalue weighted by molar-refractivity contribution is 7.88. The summed E-state index contributed by atoms with van der Waals surface area (Å²) in [5.41, 5.74) is 0. The quantitative estimate of drug-likeness (QED) is 0.536. The fourth-order valence-corrected chi connectivity index (χ4v) is 2.25. The van der Waals surface area contributed by atoms with E-state index in [9.17, 15) is 13.2 Å². The minimum atomic E-state index is -3.12. The highest BCUT2D eigenvalue weighted by atomic mass is 32.2. The summed E-state index contributed by atoms with van der Waals surface area (Å²) in [7, 11) is -3.12. The lowest BCUT2D eigenvalue weighted by Crippen LogP contribution is -2.33. The minimum absolute atomic E-state index is 0.0775. The van der Waals surface area contributed by atoms with Crippen molar-refractivity contribution in [3.63, 3.8) is 0 Å². The van der Waals surface area contributed by atoms with Crippen molar-refractivity contribution in [3.8, 4) is 0 Å². The number of hydrogen-bond donors (Lipinski definition) is 2. The molecule has 1 aliphatic rings. The summed E-state index contributed by atoms with van der Waals surface area (Å²) in [6, 6.07) is 0. The molecule has 1 amide bonds. The molecule has 0 fully saturated rings. The normalized spacial score (nSPS) is 20.2. The van der Waals surface area contributed by atoms with E-state index in [1.54, 1.807) is 0 Å². The van der Waals surface area contributed by atoms with Crippen molar-refractivity contribution in [2.75, 3.05) is 19.3 Å². The van der Waals surface area contributed by atoms with Crippen LogP contribution in [0.2, 0.25) is 0 Å². The molecular weight excluding hydrogens is 240 g/mol. The van der Waals surface area contributed by atoms with Gasteiger partial charge in [0.15, 0.2) is 0 Å². The van der Waals surface area contributed by atoms with Crippen LogP contribution in [-0.2, 0) is 14.8 Å². The number of allylic oxidation sites excluding steroid dienone is 2. The summed E-state index contributed by atoms with van der Waals surface area (Å²) in [5.74, 6) is 0.163. The predicted octanol–water partition coefficient (Wildman–Crippen LogP) is 0.398. The van der Waals surface area contributed by atoms with Crippen LogP contribution in [0.4, 0.5) is 0 Å². The third kappa shape index (κ3) is 6.43. The van der Waals surface area contributed by atoms with E-state index in [1.165, 1.54) is 0 Å². The molecule has 0 unspecified atom stereocenters. The Morgan fingerprint density at radius 1 is 1.35 bits per heavy atom. The standard InChI is InChI=1S/C11H20N2O3S/c1-17(15,16)13-9-5-8-12-11(14)10-6-3-2-4-7-10/h2-3,10,13H,4-9H2,1H3,(H,12,14)/t10-/m0/s1. The van der Waals surface area contributed by atoms with Crippen LogP contribution in [0.5, 0.6) is 0 Å². The van der Waals surface area contributed by atoms with Gasteiger partial charge in [-0.15, -0.1) is 0 Å². The lowest BCUT2D eigenvalue weighted by Gasteiger charge is -2.17. The number of carbonyl (C=O) groups is 1. The van der Waals surface area contributed by atoms with Crippen LogP contribution in [0, 0.1) is 5.92 Å².